The summed E-state index contributed by atoms with van der Waals surface area (Å²) in [6, 6.07) is 22.9. The molecule has 0 aliphatic carbocycles. The summed E-state index contributed by atoms with van der Waals surface area (Å²) in [5.41, 5.74) is 2.63. The fourth-order valence-electron chi connectivity index (χ4n) is 3.16. The van der Waals surface area contributed by atoms with Crippen molar-refractivity contribution in [3.8, 4) is 17.2 Å². The van der Waals surface area contributed by atoms with Crippen molar-refractivity contribution in [3.05, 3.63) is 88.8 Å². The second kappa shape index (κ2) is 10.7. The minimum atomic E-state index is -0.188. The highest BCUT2D eigenvalue weighted by atomic mass is 32.2. The molecule has 1 saturated heterocycles. The van der Waals surface area contributed by atoms with E-state index in [0.29, 0.717) is 34.8 Å². The Morgan fingerprint density at radius 2 is 1.76 bits per heavy atom. The number of hydrogen-bond acceptors (Lipinski definition) is 6. The number of rotatable bonds is 8. The van der Waals surface area contributed by atoms with Gasteiger partial charge in [0.1, 0.15) is 12.4 Å². The maximum atomic E-state index is 12.5. The average molecular weight is 461 g/mol. The van der Waals surface area contributed by atoms with Gasteiger partial charge in [-0.05, 0) is 72.3 Å². The smallest absolute Gasteiger partial charge is 0.264 e. The van der Waals surface area contributed by atoms with Crippen molar-refractivity contribution < 1.29 is 19.0 Å². The molecule has 0 saturated carbocycles. The Morgan fingerprint density at radius 1 is 0.970 bits per heavy atom. The SMILES string of the molecule is CCOc1ccc(N=C2NC(=O)/C(=C\c3ccc(OC)c(OCc4ccccc4)c3)S2)cc1. The third-order valence-electron chi connectivity index (χ3n) is 4.75. The molecule has 0 atom stereocenters. The number of thioether (sulfide) groups is 1. The maximum absolute atomic E-state index is 12.5. The molecule has 33 heavy (non-hydrogen) atoms. The minimum absolute atomic E-state index is 0.188. The number of carbonyl (C=O) groups is 1. The van der Waals surface area contributed by atoms with Gasteiger partial charge in [0.25, 0.3) is 5.91 Å². The molecule has 0 bridgehead atoms. The topological polar surface area (TPSA) is 69.2 Å². The Labute approximate surface area is 197 Å². The lowest BCUT2D eigenvalue weighted by Crippen LogP contribution is -2.19. The van der Waals surface area contributed by atoms with E-state index in [2.05, 4.69) is 10.3 Å². The monoisotopic (exact) mass is 460 g/mol. The Hall–Kier alpha value is -3.71. The van der Waals surface area contributed by atoms with Gasteiger partial charge in [-0.1, -0.05) is 36.4 Å². The molecule has 1 fully saturated rings. The summed E-state index contributed by atoms with van der Waals surface area (Å²) < 4.78 is 16.9. The second-order valence-corrected chi connectivity index (χ2v) is 8.12. The van der Waals surface area contributed by atoms with Crippen molar-refractivity contribution in [1.82, 2.24) is 5.32 Å². The van der Waals surface area contributed by atoms with Gasteiger partial charge in [-0.3, -0.25) is 4.79 Å². The molecule has 1 aliphatic rings. The van der Waals surface area contributed by atoms with Crippen molar-refractivity contribution in [2.75, 3.05) is 13.7 Å². The molecule has 1 N–H and O–H groups in total. The zero-order valence-electron chi connectivity index (χ0n) is 18.4. The average Bonchev–Trinajstić information content (AvgIpc) is 3.18. The molecular formula is C26H24N2O4S. The summed E-state index contributed by atoms with van der Waals surface area (Å²) in [5, 5.41) is 3.35. The molecule has 6 nitrogen and oxygen atoms in total. The normalized spacial score (nSPS) is 15.5. The van der Waals surface area contributed by atoms with Gasteiger partial charge in [-0.2, -0.15) is 0 Å². The van der Waals surface area contributed by atoms with Crippen LogP contribution < -0.4 is 19.5 Å². The number of carbonyl (C=O) groups excluding carboxylic acids is 1. The van der Waals surface area contributed by atoms with E-state index in [1.807, 2.05) is 85.8 Å². The number of nitrogens with zero attached hydrogens (tertiary/aromatic N) is 1. The van der Waals surface area contributed by atoms with E-state index in [9.17, 15) is 4.79 Å². The van der Waals surface area contributed by atoms with Crippen LogP contribution in [0.4, 0.5) is 5.69 Å². The van der Waals surface area contributed by atoms with Gasteiger partial charge in [-0.25, -0.2) is 4.99 Å². The number of benzene rings is 3. The number of amides is 1. The van der Waals surface area contributed by atoms with E-state index in [4.69, 9.17) is 14.2 Å². The molecular weight excluding hydrogens is 436 g/mol. The van der Waals surface area contributed by atoms with Gasteiger partial charge in [0, 0.05) is 0 Å². The molecule has 0 radical (unpaired) electrons. The third kappa shape index (κ3) is 5.96. The van der Waals surface area contributed by atoms with Crippen LogP contribution in [0.15, 0.2) is 82.7 Å². The van der Waals surface area contributed by atoms with Crippen molar-refractivity contribution in [2.24, 2.45) is 4.99 Å². The van der Waals surface area contributed by atoms with Crippen LogP contribution in [-0.4, -0.2) is 24.8 Å². The van der Waals surface area contributed by atoms with E-state index < -0.39 is 0 Å². The van der Waals surface area contributed by atoms with E-state index in [1.54, 1.807) is 7.11 Å². The first-order valence-corrected chi connectivity index (χ1v) is 11.3. The van der Waals surface area contributed by atoms with Crippen LogP contribution in [0.3, 0.4) is 0 Å². The minimum Gasteiger partial charge on any atom is -0.494 e. The molecule has 7 heteroatoms. The van der Waals surface area contributed by atoms with Crippen LogP contribution in [-0.2, 0) is 11.4 Å². The summed E-state index contributed by atoms with van der Waals surface area (Å²) in [6.45, 7) is 2.97. The quantitative estimate of drug-likeness (QED) is 0.446. The predicted octanol–water partition coefficient (Wildman–Crippen LogP) is 5.56. The molecule has 0 aromatic heterocycles. The van der Waals surface area contributed by atoms with Gasteiger partial charge in [-0.15, -0.1) is 0 Å². The van der Waals surface area contributed by atoms with Crippen molar-refractivity contribution in [2.45, 2.75) is 13.5 Å². The molecule has 1 aliphatic heterocycles. The zero-order chi connectivity index (χ0) is 23.0. The number of ether oxygens (including phenoxy) is 3. The van der Waals surface area contributed by atoms with E-state index >= 15 is 0 Å². The van der Waals surface area contributed by atoms with Gasteiger partial charge < -0.3 is 19.5 Å². The van der Waals surface area contributed by atoms with Crippen molar-refractivity contribution >= 4 is 34.6 Å². The predicted molar refractivity (Wildman–Crippen MR) is 132 cm³/mol. The zero-order valence-corrected chi connectivity index (χ0v) is 19.2. The van der Waals surface area contributed by atoms with Crippen molar-refractivity contribution in [1.29, 1.82) is 0 Å². The number of amidine groups is 1. The molecule has 1 amide bonds. The number of aliphatic imine (C=N–C) groups is 1. The molecule has 168 valence electrons. The molecule has 3 aromatic carbocycles. The van der Waals surface area contributed by atoms with Crippen LogP contribution in [0.25, 0.3) is 6.08 Å². The number of hydrogen-bond donors (Lipinski definition) is 1. The molecule has 0 spiro atoms. The number of nitrogens with one attached hydrogen (secondary N) is 1. The Kier molecular flexibility index (Phi) is 7.32. The standard InChI is InChI=1S/C26H24N2O4S/c1-3-31-21-12-10-20(11-13-21)27-26-28-25(29)24(33-26)16-19-9-14-22(30-2)23(15-19)32-17-18-7-5-4-6-8-18/h4-16H,3,17H2,1-2H3,(H,27,28,29)/b24-16+. The van der Waals surface area contributed by atoms with Gasteiger partial charge >= 0.3 is 0 Å². The fourth-order valence-corrected chi connectivity index (χ4v) is 4.01. The van der Waals surface area contributed by atoms with Gasteiger partial charge in [0.2, 0.25) is 0 Å². The third-order valence-corrected chi connectivity index (χ3v) is 5.66. The van der Waals surface area contributed by atoms with E-state index in [0.717, 1.165) is 22.6 Å². The Balaban J connectivity index is 1.49. The van der Waals surface area contributed by atoms with Gasteiger partial charge in [0.15, 0.2) is 16.7 Å². The molecule has 0 unspecified atom stereocenters. The molecule has 4 rings (SSSR count). The summed E-state index contributed by atoms with van der Waals surface area (Å²) in [4.78, 5) is 17.6. The van der Waals surface area contributed by atoms with Crippen LogP contribution in [0.5, 0.6) is 17.2 Å². The maximum Gasteiger partial charge on any atom is 0.264 e. The highest BCUT2D eigenvalue weighted by molar-refractivity contribution is 8.18. The Bertz CT molecular complexity index is 1170. The Morgan fingerprint density at radius 3 is 2.48 bits per heavy atom. The lowest BCUT2D eigenvalue weighted by Gasteiger charge is -2.11. The summed E-state index contributed by atoms with van der Waals surface area (Å²) >= 11 is 1.30. The largest absolute Gasteiger partial charge is 0.494 e. The van der Waals surface area contributed by atoms with E-state index in [1.165, 1.54) is 11.8 Å². The molecule has 3 aromatic rings. The fraction of sp³-hybridized carbons (Fsp3) is 0.154. The lowest BCUT2D eigenvalue weighted by molar-refractivity contribution is -0.115. The number of methoxy groups -OCH3 is 1. The van der Waals surface area contributed by atoms with E-state index in [-0.39, 0.29) is 5.91 Å². The van der Waals surface area contributed by atoms with Crippen LogP contribution in [0.1, 0.15) is 18.1 Å². The van der Waals surface area contributed by atoms with Gasteiger partial charge in [0.05, 0.1) is 24.3 Å². The first-order valence-electron chi connectivity index (χ1n) is 10.5. The van der Waals surface area contributed by atoms with Crippen LogP contribution in [0.2, 0.25) is 0 Å². The lowest BCUT2D eigenvalue weighted by atomic mass is 10.2. The highest BCUT2D eigenvalue weighted by Crippen LogP contribution is 2.33. The summed E-state index contributed by atoms with van der Waals surface area (Å²) in [6.07, 6.45) is 1.82. The van der Waals surface area contributed by atoms with Crippen LogP contribution in [0, 0.1) is 0 Å². The second-order valence-electron chi connectivity index (χ2n) is 7.09. The highest BCUT2D eigenvalue weighted by Gasteiger charge is 2.24. The van der Waals surface area contributed by atoms with Crippen molar-refractivity contribution in [3.63, 3.8) is 0 Å². The van der Waals surface area contributed by atoms with Crippen LogP contribution >= 0.6 is 11.8 Å². The summed E-state index contributed by atoms with van der Waals surface area (Å²) in [5.74, 6) is 1.85. The molecule has 1 heterocycles. The summed E-state index contributed by atoms with van der Waals surface area (Å²) in [7, 11) is 1.60. The first-order chi connectivity index (χ1) is 16.1. The first kappa shape index (κ1) is 22.5.